The van der Waals surface area contributed by atoms with Crippen LogP contribution in [0.15, 0.2) is 23.7 Å². The molecule has 0 saturated heterocycles. The van der Waals surface area contributed by atoms with Gasteiger partial charge in [0.15, 0.2) is 0 Å². The van der Waals surface area contributed by atoms with Gasteiger partial charge < -0.3 is 10.6 Å². The molecule has 1 unspecified atom stereocenters. The van der Waals surface area contributed by atoms with Crippen LogP contribution in [0.1, 0.15) is 25.8 Å². The third-order valence-electron chi connectivity index (χ3n) is 3.03. The van der Waals surface area contributed by atoms with Crippen molar-refractivity contribution < 1.29 is 4.79 Å². The van der Waals surface area contributed by atoms with Gasteiger partial charge in [-0.25, -0.2) is 0 Å². The molecule has 0 aliphatic rings. The molecule has 3 N–H and O–H groups in total. The van der Waals surface area contributed by atoms with Crippen molar-refractivity contribution in [3.05, 3.63) is 29.3 Å². The third-order valence-corrected chi connectivity index (χ3v) is 3.91. The Balaban J connectivity index is 1.92. The lowest BCUT2D eigenvalue weighted by molar-refractivity contribution is -0.122. The van der Waals surface area contributed by atoms with Gasteiger partial charge in [-0.15, -0.1) is 11.3 Å². The summed E-state index contributed by atoms with van der Waals surface area (Å²) < 4.78 is 0. The van der Waals surface area contributed by atoms with Crippen LogP contribution in [0.3, 0.4) is 0 Å². The van der Waals surface area contributed by atoms with E-state index >= 15 is 0 Å². The minimum atomic E-state index is -0.215. The molecule has 0 aromatic carbocycles. The van der Waals surface area contributed by atoms with Crippen LogP contribution in [0.4, 0.5) is 0 Å². The van der Waals surface area contributed by atoms with Gasteiger partial charge >= 0.3 is 0 Å². The number of H-pyrrole nitrogens is 1. The maximum absolute atomic E-state index is 11.8. The van der Waals surface area contributed by atoms with Crippen LogP contribution in [-0.2, 0) is 11.3 Å². The summed E-state index contributed by atoms with van der Waals surface area (Å²) in [6, 6.07) is 3.85. The molecule has 20 heavy (non-hydrogen) atoms. The zero-order chi connectivity index (χ0) is 14.4. The summed E-state index contributed by atoms with van der Waals surface area (Å²) in [4.78, 5) is 12.9. The molecule has 2 rings (SSSR count). The Labute approximate surface area is 122 Å². The highest BCUT2D eigenvalue weighted by molar-refractivity contribution is 7.13. The molecular formula is C14H20N4OS. The van der Waals surface area contributed by atoms with E-state index in [2.05, 4.69) is 26.9 Å². The predicted octanol–water partition coefficient (Wildman–Crippen LogP) is 2.14. The molecule has 2 aromatic rings. The molecule has 108 valence electrons. The van der Waals surface area contributed by atoms with Gasteiger partial charge in [-0.3, -0.25) is 9.89 Å². The van der Waals surface area contributed by atoms with Gasteiger partial charge in [-0.05, 0) is 24.8 Å². The second-order valence-electron chi connectivity index (χ2n) is 4.64. The van der Waals surface area contributed by atoms with Gasteiger partial charge in [0, 0.05) is 18.7 Å². The van der Waals surface area contributed by atoms with E-state index in [0.717, 1.165) is 29.1 Å². The molecule has 5 nitrogen and oxygen atoms in total. The van der Waals surface area contributed by atoms with E-state index in [-0.39, 0.29) is 11.9 Å². The lowest BCUT2D eigenvalue weighted by Crippen LogP contribution is -2.42. The van der Waals surface area contributed by atoms with E-state index in [4.69, 9.17) is 0 Å². The van der Waals surface area contributed by atoms with Crippen molar-refractivity contribution >= 4 is 17.2 Å². The van der Waals surface area contributed by atoms with E-state index in [1.807, 2.05) is 25.3 Å². The lowest BCUT2D eigenvalue weighted by Gasteiger charge is -2.13. The lowest BCUT2D eigenvalue weighted by atomic mass is 10.2. The Bertz CT molecular complexity index is 535. The normalized spacial score (nSPS) is 12.3. The first-order valence-electron chi connectivity index (χ1n) is 6.79. The number of amides is 1. The van der Waals surface area contributed by atoms with Gasteiger partial charge in [-0.1, -0.05) is 13.0 Å². The number of aromatic nitrogens is 2. The average Bonchev–Trinajstić information content (AvgIpc) is 3.11. The average molecular weight is 292 g/mol. The van der Waals surface area contributed by atoms with Crippen molar-refractivity contribution in [1.82, 2.24) is 20.8 Å². The number of hydrogen-bond donors (Lipinski definition) is 3. The maximum Gasteiger partial charge on any atom is 0.236 e. The zero-order valence-electron chi connectivity index (χ0n) is 11.8. The van der Waals surface area contributed by atoms with Gasteiger partial charge in [-0.2, -0.15) is 5.10 Å². The second kappa shape index (κ2) is 7.21. The predicted molar refractivity (Wildman–Crippen MR) is 81.5 cm³/mol. The largest absolute Gasteiger partial charge is 0.355 e. The standard InChI is InChI=1S/C14H20N4OS/c1-3-6-15-14(19)10(2)16-8-11-9-17-18-13(11)12-5-4-7-20-12/h4-5,7,9-10,16H,3,6,8H2,1-2H3,(H,15,19)(H,17,18). The highest BCUT2D eigenvalue weighted by Crippen LogP contribution is 2.25. The first kappa shape index (κ1) is 14.7. The third kappa shape index (κ3) is 3.68. The molecule has 0 saturated carbocycles. The number of rotatable bonds is 7. The number of aromatic amines is 1. The molecule has 0 aliphatic carbocycles. The SMILES string of the molecule is CCCNC(=O)C(C)NCc1cn[nH]c1-c1cccs1. The summed E-state index contributed by atoms with van der Waals surface area (Å²) in [5.41, 5.74) is 2.09. The Morgan fingerprint density at radius 2 is 2.40 bits per heavy atom. The number of nitrogens with one attached hydrogen (secondary N) is 3. The van der Waals surface area contributed by atoms with E-state index in [0.29, 0.717) is 6.54 Å². The van der Waals surface area contributed by atoms with Crippen molar-refractivity contribution in [2.75, 3.05) is 6.54 Å². The summed E-state index contributed by atoms with van der Waals surface area (Å²) in [5.74, 6) is 0.0352. The first-order valence-corrected chi connectivity index (χ1v) is 7.67. The maximum atomic E-state index is 11.8. The van der Waals surface area contributed by atoms with Crippen LogP contribution >= 0.6 is 11.3 Å². The fourth-order valence-corrected chi connectivity index (χ4v) is 2.59. The Hall–Kier alpha value is -1.66. The molecule has 0 aliphatic heterocycles. The minimum absolute atomic E-state index is 0.0352. The smallest absolute Gasteiger partial charge is 0.236 e. The number of carbonyl (C=O) groups is 1. The molecule has 2 heterocycles. The second-order valence-corrected chi connectivity index (χ2v) is 5.59. The summed E-state index contributed by atoms with van der Waals surface area (Å²) in [6.07, 6.45) is 2.75. The van der Waals surface area contributed by atoms with Crippen LogP contribution in [0.25, 0.3) is 10.6 Å². The number of nitrogens with zero attached hydrogens (tertiary/aromatic N) is 1. The number of carbonyl (C=O) groups excluding carboxylic acids is 1. The minimum Gasteiger partial charge on any atom is -0.355 e. The van der Waals surface area contributed by atoms with E-state index in [9.17, 15) is 4.79 Å². The fraction of sp³-hybridized carbons (Fsp3) is 0.429. The van der Waals surface area contributed by atoms with Crippen molar-refractivity contribution in [2.45, 2.75) is 32.9 Å². The molecule has 0 spiro atoms. The molecule has 6 heteroatoms. The fourth-order valence-electron chi connectivity index (χ4n) is 1.84. The van der Waals surface area contributed by atoms with Crippen molar-refractivity contribution in [3.63, 3.8) is 0 Å². The highest BCUT2D eigenvalue weighted by Gasteiger charge is 2.13. The molecule has 0 fully saturated rings. The summed E-state index contributed by atoms with van der Waals surface area (Å²) in [5, 5.41) is 15.3. The van der Waals surface area contributed by atoms with Crippen LogP contribution in [0, 0.1) is 0 Å². The Kier molecular flexibility index (Phi) is 5.31. The van der Waals surface area contributed by atoms with Gasteiger partial charge in [0.25, 0.3) is 0 Å². The first-order chi connectivity index (χ1) is 9.72. The monoisotopic (exact) mass is 292 g/mol. The topological polar surface area (TPSA) is 69.8 Å². The van der Waals surface area contributed by atoms with Crippen molar-refractivity contribution in [3.8, 4) is 10.6 Å². The highest BCUT2D eigenvalue weighted by atomic mass is 32.1. The van der Waals surface area contributed by atoms with E-state index in [1.54, 1.807) is 17.5 Å². The van der Waals surface area contributed by atoms with Crippen LogP contribution < -0.4 is 10.6 Å². The van der Waals surface area contributed by atoms with Crippen LogP contribution in [0.2, 0.25) is 0 Å². The van der Waals surface area contributed by atoms with Gasteiger partial charge in [0.2, 0.25) is 5.91 Å². The van der Waals surface area contributed by atoms with Crippen molar-refractivity contribution in [2.24, 2.45) is 0 Å². The summed E-state index contributed by atoms with van der Waals surface area (Å²) >= 11 is 1.67. The van der Waals surface area contributed by atoms with Gasteiger partial charge in [0.05, 0.1) is 22.8 Å². The molecule has 0 bridgehead atoms. The van der Waals surface area contributed by atoms with Crippen LogP contribution in [-0.4, -0.2) is 28.7 Å². The molecule has 1 amide bonds. The zero-order valence-corrected chi connectivity index (χ0v) is 12.6. The van der Waals surface area contributed by atoms with E-state index in [1.165, 1.54) is 0 Å². The molecule has 2 aromatic heterocycles. The van der Waals surface area contributed by atoms with Crippen LogP contribution in [0.5, 0.6) is 0 Å². The summed E-state index contributed by atoms with van der Waals surface area (Å²) in [6.45, 7) is 5.24. The molecule has 0 radical (unpaired) electrons. The molecule has 1 atom stereocenters. The summed E-state index contributed by atoms with van der Waals surface area (Å²) in [7, 11) is 0. The Morgan fingerprint density at radius 3 is 3.10 bits per heavy atom. The quantitative estimate of drug-likeness (QED) is 0.732. The number of thiophene rings is 1. The van der Waals surface area contributed by atoms with Gasteiger partial charge in [0.1, 0.15) is 0 Å². The van der Waals surface area contributed by atoms with Crippen molar-refractivity contribution in [1.29, 1.82) is 0 Å². The van der Waals surface area contributed by atoms with E-state index < -0.39 is 0 Å². The number of hydrogen-bond acceptors (Lipinski definition) is 4. The molecular weight excluding hydrogens is 272 g/mol. The Morgan fingerprint density at radius 1 is 1.55 bits per heavy atom.